The first-order valence-electron chi connectivity index (χ1n) is 4.09. The molecule has 0 heterocycles. The number of halogens is 2. The third-order valence-electron chi connectivity index (χ3n) is 2.02. The lowest BCUT2D eigenvalue weighted by Crippen LogP contribution is -1.98. The van der Waals surface area contributed by atoms with Crippen molar-refractivity contribution in [2.75, 3.05) is 5.88 Å². The van der Waals surface area contributed by atoms with E-state index in [4.69, 9.17) is 11.6 Å². The molecule has 66 valence electrons. The highest BCUT2D eigenvalue weighted by Gasteiger charge is 2.06. The second-order valence-corrected chi connectivity index (χ2v) is 3.12. The first-order valence-corrected chi connectivity index (χ1v) is 4.62. The Bertz CT molecular complexity index is 226. The smallest absolute Gasteiger partial charge is 0.123 e. The van der Waals surface area contributed by atoms with Gasteiger partial charge in [-0.05, 0) is 30.0 Å². The quantitative estimate of drug-likeness (QED) is 0.634. The van der Waals surface area contributed by atoms with Gasteiger partial charge in [-0.25, -0.2) is 4.39 Å². The number of hydrogen-bond acceptors (Lipinski definition) is 0. The zero-order valence-electron chi connectivity index (χ0n) is 7.06. The second-order valence-electron chi connectivity index (χ2n) is 2.81. The van der Waals surface area contributed by atoms with Gasteiger partial charge >= 0.3 is 0 Å². The van der Waals surface area contributed by atoms with Crippen LogP contribution in [0.5, 0.6) is 0 Å². The van der Waals surface area contributed by atoms with Crippen LogP contribution in [-0.4, -0.2) is 5.88 Å². The minimum atomic E-state index is -0.192. The van der Waals surface area contributed by atoms with Gasteiger partial charge in [0.25, 0.3) is 0 Å². The van der Waals surface area contributed by atoms with Crippen LogP contribution in [0.3, 0.4) is 0 Å². The molecule has 0 amide bonds. The van der Waals surface area contributed by atoms with Gasteiger partial charge in [0.2, 0.25) is 0 Å². The Kier molecular flexibility index (Phi) is 3.54. The minimum absolute atomic E-state index is 0.192. The molecule has 0 aliphatic rings. The number of alkyl halides is 1. The zero-order valence-corrected chi connectivity index (χ0v) is 7.81. The van der Waals surface area contributed by atoms with E-state index in [0.29, 0.717) is 11.8 Å². The van der Waals surface area contributed by atoms with Gasteiger partial charge in [0.1, 0.15) is 5.82 Å². The summed E-state index contributed by atoms with van der Waals surface area (Å²) in [4.78, 5) is 0. The van der Waals surface area contributed by atoms with Crippen LogP contribution in [0.1, 0.15) is 24.8 Å². The summed E-state index contributed by atoms with van der Waals surface area (Å²) in [5.74, 6) is 0.762. The molecule has 0 saturated carbocycles. The summed E-state index contributed by atoms with van der Waals surface area (Å²) in [6, 6.07) is 6.55. The molecule has 0 aliphatic carbocycles. The molecule has 0 spiro atoms. The van der Waals surface area contributed by atoms with E-state index in [0.717, 1.165) is 12.0 Å². The molecule has 0 bridgehead atoms. The predicted octanol–water partition coefficient (Wildman–Crippen LogP) is 3.56. The summed E-state index contributed by atoms with van der Waals surface area (Å²) in [5, 5.41) is 0. The van der Waals surface area contributed by atoms with Gasteiger partial charge in [0, 0.05) is 5.88 Å². The fourth-order valence-corrected chi connectivity index (χ4v) is 1.57. The maximum absolute atomic E-state index is 12.5. The molecule has 0 saturated heterocycles. The monoisotopic (exact) mass is 186 g/mol. The van der Waals surface area contributed by atoms with Crippen molar-refractivity contribution in [1.29, 1.82) is 0 Å². The van der Waals surface area contributed by atoms with Crippen LogP contribution in [-0.2, 0) is 0 Å². The third-order valence-corrected chi connectivity index (χ3v) is 2.39. The van der Waals surface area contributed by atoms with Crippen molar-refractivity contribution in [2.24, 2.45) is 0 Å². The Labute approximate surface area is 77.4 Å². The highest BCUT2D eigenvalue weighted by Crippen LogP contribution is 2.20. The van der Waals surface area contributed by atoms with Crippen molar-refractivity contribution >= 4 is 11.6 Å². The topological polar surface area (TPSA) is 0 Å². The van der Waals surface area contributed by atoms with Crippen molar-refractivity contribution < 1.29 is 4.39 Å². The van der Waals surface area contributed by atoms with Crippen LogP contribution in [0, 0.1) is 5.82 Å². The Balaban J connectivity index is 2.80. The summed E-state index contributed by atoms with van der Waals surface area (Å²) in [6.45, 7) is 2.08. The van der Waals surface area contributed by atoms with Crippen LogP contribution in [0.15, 0.2) is 24.3 Å². The predicted molar refractivity (Wildman–Crippen MR) is 50.2 cm³/mol. The fraction of sp³-hybridized carbons (Fsp3) is 0.400. The molecule has 1 unspecified atom stereocenters. The van der Waals surface area contributed by atoms with Crippen LogP contribution in [0.4, 0.5) is 4.39 Å². The van der Waals surface area contributed by atoms with Crippen molar-refractivity contribution in [3.63, 3.8) is 0 Å². The molecular formula is C10H12ClF. The average Bonchev–Trinajstić information content (AvgIpc) is 2.10. The second kappa shape index (κ2) is 4.46. The van der Waals surface area contributed by atoms with E-state index in [-0.39, 0.29) is 5.82 Å². The third kappa shape index (κ3) is 2.21. The summed E-state index contributed by atoms with van der Waals surface area (Å²) >= 11 is 5.75. The summed E-state index contributed by atoms with van der Waals surface area (Å²) in [6.07, 6.45) is 0.995. The number of benzene rings is 1. The SMILES string of the molecule is CCC(CCl)c1ccc(F)cc1. The normalized spacial score (nSPS) is 12.9. The van der Waals surface area contributed by atoms with E-state index in [1.54, 1.807) is 12.1 Å². The minimum Gasteiger partial charge on any atom is -0.207 e. The van der Waals surface area contributed by atoms with E-state index in [9.17, 15) is 4.39 Å². The average molecular weight is 187 g/mol. The van der Waals surface area contributed by atoms with E-state index in [1.807, 2.05) is 0 Å². The molecule has 1 aromatic rings. The summed E-state index contributed by atoms with van der Waals surface area (Å²) in [7, 11) is 0. The van der Waals surface area contributed by atoms with Crippen molar-refractivity contribution in [3.8, 4) is 0 Å². The Morgan fingerprint density at radius 1 is 1.33 bits per heavy atom. The maximum atomic E-state index is 12.5. The molecular weight excluding hydrogens is 175 g/mol. The van der Waals surface area contributed by atoms with Crippen molar-refractivity contribution in [3.05, 3.63) is 35.6 Å². The molecule has 1 atom stereocenters. The van der Waals surface area contributed by atoms with E-state index >= 15 is 0 Å². The van der Waals surface area contributed by atoms with Gasteiger partial charge in [-0.2, -0.15) is 0 Å². The van der Waals surface area contributed by atoms with E-state index < -0.39 is 0 Å². The van der Waals surface area contributed by atoms with Gasteiger partial charge in [-0.3, -0.25) is 0 Å². The Morgan fingerprint density at radius 2 is 1.92 bits per heavy atom. The number of rotatable bonds is 3. The van der Waals surface area contributed by atoms with Crippen LogP contribution >= 0.6 is 11.6 Å². The highest BCUT2D eigenvalue weighted by molar-refractivity contribution is 6.18. The Hall–Kier alpha value is -0.560. The standard InChI is InChI=1S/C10H12ClF/c1-2-8(7-11)9-3-5-10(12)6-4-9/h3-6,8H,2,7H2,1H3. The molecule has 2 heteroatoms. The van der Waals surface area contributed by atoms with E-state index in [1.165, 1.54) is 12.1 Å². The molecule has 0 radical (unpaired) electrons. The van der Waals surface area contributed by atoms with Gasteiger partial charge < -0.3 is 0 Å². The van der Waals surface area contributed by atoms with Gasteiger partial charge in [-0.15, -0.1) is 11.6 Å². The summed E-state index contributed by atoms with van der Waals surface area (Å²) in [5.41, 5.74) is 1.12. The van der Waals surface area contributed by atoms with Gasteiger partial charge in [-0.1, -0.05) is 19.1 Å². The lowest BCUT2D eigenvalue weighted by Gasteiger charge is -2.10. The van der Waals surface area contributed by atoms with E-state index in [2.05, 4.69) is 6.92 Å². The molecule has 12 heavy (non-hydrogen) atoms. The Morgan fingerprint density at radius 3 is 2.33 bits per heavy atom. The zero-order chi connectivity index (χ0) is 8.97. The van der Waals surface area contributed by atoms with Gasteiger partial charge in [0.15, 0.2) is 0 Å². The molecule has 0 fully saturated rings. The number of hydrogen-bond donors (Lipinski definition) is 0. The molecule has 1 rings (SSSR count). The maximum Gasteiger partial charge on any atom is 0.123 e. The molecule has 0 aliphatic heterocycles. The fourth-order valence-electron chi connectivity index (χ4n) is 1.17. The lowest BCUT2D eigenvalue weighted by atomic mass is 9.99. The first kappa shape index (κ1) is 9.53. The molecule has 0 N–H and O–H groups in total. The highest BCUT2D eigenvalue weighted by atomic mass is 35.5. The largest absolute Gasteiger partial charge is 0.207 e. The van der Waals surface area contributed by atoms with Crippen LogP contribution in [0.2, 0.25) is 0 Å². The van der Waals surface area contributed by atoms with Gasteiger partial charge in [0.05, 0.1) is 0 Å². The van der Waals surface area contributed by atoms with Crippen molar-refractivity contribution in [1.82, 2.24) is 0 Å². The summed E-state index contributed by atoms with van der Waals surface area (Å²) < 4.78 is 12.5. The molecule has 0 nitrogen and oxygen atoms in total. The molecule has 0 aromatic heterocycles. The molecule has 1 aromatic carbocycles. The lowest BCUT2D eigenvalue weighted by molar-refractivity contribution is 0.625. The van der Waals surface area contributed by atoms with Crippen LogP contribution in [0.25, 0.3) is 0 Å². The van der Waals surface area contributed by atoms with Crippen molar-refractivity contribution in [2.45, 2.75) is 19.3 Å². The van der Waals surface area contributed by atoms with Crippen LogP contribution < -0.4 is 0 Å². The first-order chi connectivity index (χ1) is 5.77.